The molecule has 0 saturated heterocycles. The molecule has 0 atom stereocenters. The van der Waals surface area contributed by atoms with Crippen molar-refractivity contribution in [1.82, 2.24) is 14.9 Å². The molecule has 0 spiro atoms. The first-order chi connectivity index (χ1) is 5.84. The Labute approximate surface area is 73.8 Å². The molecule has 0 bridgehead atoms. The molecule has 0 aromatic carbocycles. The van der Waals surface area contributed by atoms with Crippen molar-refractivity contribution in [2.75, 3.05) is 13.1 Å². The summed E-state index contributed by atoms with van der Waals surface area (Å²) in [6.07, 6.45) is 6.07. The summed E-state index contributed by atoms with van der Waals surface area (Å²) in [5, 5.41) is 3.29. The summed E-state index contributed by atoms with van der Waals surface area (Å²) >= 11 is 0. The fraction of sp³-hybridized carbons (Fsp3) is 0.667. The number of rotatable bonds is 5. The van der Waals surface area contributed by atoms with Gasteiger partial charge in [-0.3, -0.25) is 0 Å². The molecule has 0 radical (unpaired) electrons. The molecule has 1 heterocycles. The monoisotopic (exact) mass is 167 g/mol. The second kappa shape index (κ2) is 4.93. The van der Waals surface area contributed by atoms with Gasteiger partial charge in [0.15, 0.2) is 0 Å². The van der Waals surface area contributed by atoms with Gasteiger partial charge in [-0.25, -0.2) is 4.98 Å². The van der Waals surface area contributed by atoms with Crippen molar-refractivity contribution in [3.8, 4) is 0 Å². The van der Waals surface area contributed by atoms with Gasteiger partial charge in [0.1, 0.15) is 5.82 Å². The first-order valence-corrected chi connectivity index (χ1v) is 4.51. The Balaban J connectivity index is 2.20. The number of nitrogens with one attached hydrogen (secondary N) is 1. The average Bonchev–Trinajstić information content (AvgIpc) is 2.46. The van der Waals surface area contributed by atoms with E-state index >= 15 is 0 Å². The number of aryl methyl sites for hydroxylation is 2. The molecule has 1 aromatic rings. The molecule has 0 aliphatic heterocycles. The molecule has 0 amide bonds. The topological polar surface area (TPSA) is 29.9 Å². The molecular weight excluding hydrogens is 150 g/mol. The molecular formula is C9H17N3. The Morgan fingerprint density at radius 2 is 2.42 bits per heavy atom. The predicted octanol–water partition coefficient (Wildman–Crippen LogP) is 0.962. The zero-order valence-corrected chi connectivity index (χ0v) is 7.88. The number of imidazole rings is 1. The zero-order chi connectivity index (χ0) is 8.81. The van der Waals surface area contributed by atoms with Gasteiger partial charge in [0, 0.05) is 25.9 Å². The highest BCUT2D eigenvalue weighted by Crippen LogP contribution is 1.97. The van der Waals surface area contributed by atoms with Gasteiger partial charge in [-0.2, -0.15) is 0 Å². The van der Waals surface area contributed by atoms with Crippen LogP contribution in [0.25, 0.3) is 0 Å². The standard InChI is InChI=1S/C9H17N3/c1-3-10-6-4-5-9-11-7-8-12(9)2/h7-8,10H,3-6H2,1-2H3. The Morgan fingerprint density at radius 1 is 1.58 bits per heavy atom. The fourth-order valence-corrected chi connectivity index (χ4v) is 1.19. The number of hydrogen-bond donors (Lipinski definition) is 1. The van der Waals surface area contributed by atoms with E-state index in [4.69, 9.17) is 0 Å². The van der Waals surface area contributed by atoms with Gasteiger partial charge in [-0.05, 0) is 19.5 Å². The molecule has 0 aliphatic rings. The maximum atomic E-state index is 4.25. The number of aromatic nitrogens is 2. The summed E-state index contributed by atoms with van der Waals surface area (Å²) < 4.78 is 2.08. The van der Waals surface area contributed by atoms with E-state index in [0.29, 0.717) is 0 Å². The highest BCUT2D eigenvalue weighted by atomic mass is 15.0. The molecule has 3 heteroatoms. The van der Waals surface area contributed by atoms with Gasteiger partial charge in [-0.1, -0.05) is 6.92 Å². The van der Waals surface area contributed by atoms with Gasteiger partial charge in [0.05, 0.1) is 0 Å². The van der Waals surface area contributed by atoms with E-state index < -0.39 is 0 Å². The minimum atomic E-state index is 1.06. The van der Waals surface area contributed by atoms with Gasteiger partial charge in [0.2, 0.25) is 0 Å². The molecule has 0 aliphatic carbocycles. The molecule has 1 N–H and O–H groups in total. The van der Waals surface area contributed by atoms with Gasteiger partial charge >= 0.3 is 0 Å². The Bertz CT molecular complexity index is 217. The maximum Gasteiger partial charge on any atom is 0.108 e. The van der Waals surface area contributed by atoms with E-state index in [1.807, 2.05) is 19.4 Å². The van der Waals surface area contributed by atoms with E-state index in [1.165, 1.54) is 12.2 Å². The largest absolute Gasteiger partial charge is 0.338 e. The zero-order valence-electron chi connectivity index (χ0n) is 7.88. The second-order valence-corrected chi connectivity index (χ2v) is 2.91. The molecule has 1 rings (SSSR count). The third-order valence-electron chi connectivity index (χ3n) is 1.92. The lowest BCUT2D eigenvalue weighted by atomic mass is 10.3. The van der Waals surface area contributed by atoms with E-state index in [-0.39, 0.29) is 0 Å². The quantitative estimate of drug-likeness (QED) is 0.662. The average molecular weight is 167 g/mol. The van der Waals surface area contributed by atoms with E-state index in [9.17, 15) is 0 Å². The van der Waals surface area contributed by atoms with Crippen LogP contribution in [0.1, 0.15) is 19.2 Å². The fourth-order valence-electron chi connectivity index (χ4n) is 1.19. The van der Waals surface area contributed by atoms with Crippen molar-refractivity contribution in [2.24, 2.45) is 7.05 Å². The lowest BCUT2D eigenvalue weighted by Crippen LogP contribution is -2.15. The molecule has 68 valence electrons. The number of hydrogen-bond acceptors (Lipinski definition) is 2. The van der Waals surface area contributed by atoms with Gasteiger partial charge in [0.25, 0.3) is 0 Å². The van der Waals surface area contributed by atoms with Crippen LogP contribution >= 0.6 is 0 Å². The van der Waals surface area contributed by atoms with Crippen molar-refractivity contribution in [1.29, 1.82) is 0 Å². The van der Waals surface area contributed by atoms with Crippen LogP contribution in [0.3, 0.4) is 0 Å². The molecule has 0 fully saturated rings. The summed E-state index contributed by atoms with van der Waals surface area (Å²) in [4.78, 5) is 4.25. The summed E-state index contributed by atoms with van der Waals surface area (Å²) in [6.45, 7) is 4.27. The maximum absolute atomic E-state index is 4.25. The molecule has 0 unspecified atom stereocenters. The Hall–Kier alpha value is -0.830. The summed E-state index contributed by atoms with van der Waals surface area (Å²) in [5.41, 5.74) is 0. The Kier molecular flexibility index (Phi) is 3.80. The van der Waals surface area contributed by atoms with Crippen LogP contribution in [-0.2, 0) is 13.5 Å². The van der Waals surface area contributed by atoms with Gasteiger partial charge < -0.3 is 9.88 Å². The second-order valence-electron chi connectivity index (χ2n) is 2.91. The van der Waals surface area contributed by atoms with Crippen molar-refractivity contribution in [2.45, 2.75) is 19.8 Å². The van der Waals surface area contributed by atoms with Crippen molar-refractivity contribution >= 4 is 0 Å². The lowest BCUT2D eigenvalue weighted by molar-refractivity contribution is 0.646. The van der Waals surface area contributed by atoms with Crippen LogP contribution in [0, 0.1) is 0 Å². The van der Waals surface area contributed by atoms with Crippen LogP contribution in [-0.4, -0.2) is 22.6 Å². The summed E-state index contributed by atoms with van der Waals surface area (Å²) in [6, 6.07) is 0. The van der Waals surface area contributed by atoms with Crippen molar-refractivity contribution < 1.29 is 0 Å². The summed E-state index contributed by atoms with van der Waals surface area (Å²) in [5.74, 6) is 1.17. The minimum absolute atomic E-state index is 1.06. The SMILES string of the molecule is CCNCCCc1nccn1C. The van der Waals surface area contributed by atoms with Crippen molar-refractivity contribution in [3.63, 3.8) is 0 Å². The first kappa shape index (κ1) is 9.26. The van der Waals surface area contributed by atoms with Crippen LogP contribution in [0.4, 0.5) is 0 Å². The Morgan fingerprint density at radius 3 is 3.00 bits per heavy atom. The normalized spacial score (nSPS) is 10.5. The highest BCUT2D eigenvalue weighted by molar-refractivity contribution is 4.90. The third kappa shape index (κ3) is 2.66. The third-order valence-corrected chi connectivity index (χ3v) is 1.92. The molecule has 1 aromatic heterocycles. The number of nitrogens with zero attached hydrogens (tertiary/aromatic N) is 2. The minimum Gasteiger partial charge on any atom is -0.338 e. The van der Waals surface area contributed by atoms with Gasteiger partial charge in [-0.15, -0.1) is 0 Å². The highest BCUT2D eigenvalue weighted by Gasteiger charge is 1.96. The van der Waals surface area contributed by atoms with E-state index in [2.05, 4.69) is 21.8 Å². The lowest BCUT2D eigenvalue weighted by Gasteiger charge is -2.01. The predicted molar refractivity (Wildman–Crippen MR) is 50.1 cm³/mol. The van der Waals surface area contributed by atoms with Crippen LogP contribution in [0.5, 0.6) is 0 Å². The smallest absolute Gasteiger partial charge is 0.108 e. The summed E-state index contributed by atoms with van der Waals surface area (Å²) in [7, 11) is 2.04. The molecule has 3 nitrogen and oxygen atoms in total. The van der Waals surface area contributed by atoms with Crippen LogP contribution in [0.2, 0.25) is 0 Å². The first-order valence-electron chi connectivity index (χ1n) is 4.51. The van der Waals surface area contributed by atoms with Crippen molar-refractivity contribution in [3.05, 3.63) is 18.2 Å². The van der Waals surface area contributed by atoms with E-state index in [1.54, 1.807) is 0 Å². The molecule has 0 saturated carbocycles. The van der Waals surface area contributed by atoms with Crippen LogP contribution in [0.15, 0.2) is 12.4 Å². The van der Waals surface area contributed by atoms with Crippen LogP contribution < -0.4 is 5.32 Å². The molecule has 12 heavy (non-hydrogen) atoms. The van der Waals surface area contributed by atoms with E-state index in [0.717, 1.165) is 19.5 Å².